The van der Waals surface area contributed by atoms with Gasteiger partial charge in [-0.1, -0.05) is 0 Å². The third-order valence-corrected chi connectivity index (χ3v) is 1.60. The van der Waals surface area contributed by atoms with E-state index in [2.05, 4.69) is 4.98 Å². The van der Waals surface area contributed by atoms with Gasteiger partial charge in [0.2, 0.25) is 0 Å². The van der Waals surface area contributed by atoms with Gasteiger partial charge in [-0.2, -0.15) is 0 Å². The first-order valence-electron chi connectivity index (χ1n) is 3.10. The molecule has 0 spiro atoms. The van der Waals surface area contributed by atoms with Crippen LogP contribution in [0.4, 0.5) is 23.0 Å². The van der Waals surface area contributed by atoms with Gasteiger partial charge < -0.3 is 22.9 Å². The van der Waals surface area contributed by atoms with Crippen molar-refractivity contribution < 1.29 is 0 Å². The molecule has 8 N–H and O–H groups in total. The van der Waals surface area contributed by atoms with Crippen molar-refractivity contribution in [3.05, 3.63) is 5.56 Å². The van der Waals surface area contributed by atoms with E-state index in [9.17, 15) is 0 Å². The highest BCUT2D eigenvalue weighted by Crippen LogP contribution is 2.26. The van der Waals surface area contributed by atoms with Crippen molar-refractivity contribution in [1.82, 2.24) is 4.98 Å². The number of hydrogen-bond acceptors (Lipinski definition) is 5. The van der Waals surface area contributed by atoms with Crippen LogP contribution in [-0.4, -0.2) is 4.98 Å². The zero-order valence-electron chi connectivity index (χ0n) is 7.48. The van der Waals surface area contributed by atoms with Crippen molar-refractivity contribution in [2.75, 3.05) is 22.9 Å². The van der Waals surface area contributed by atoms with Crippen LogP contribution in [0.15, 0.2) is 0 Å². The van der Waals surface area contributed by atoms with E-state index in [4.69, 9.17) is 22.9 Å². The molecule has 0 fully saturated rings. The number of nitrogens with two attached hydrogens (primary N) is 4. The molecule has 1 aromatic rings. The summed E-state index contributed by atoms with van der Waals surface area (Å²) in [5.74, 6) is 0.461. The quantitative estimate of drug-likeness (QED) is 0.556. The predicted molar refractivity (Wildman–Crippen MR) is 68.4 cm³/mol. The lowest BCUT2D eigenvalue weighted by Crippen LogP contribution is -2.07. The molecule has 0 atom stereocenters. The van der Waals surface area contributed by atoms with E-state index in [1.54, 1.807) is 6.92 Å². The predicted octanol–water partition coefficient (Wildman–Crippen LogP) is 0.984. The number of pyridine rings is 1. The average Bonchev–Trinajstić information content (AvgIpc) is 1.97. The van der Waals surface area contributed by atoms with Gasteiger partial charge in [-0.05, 0) is 6.92 Å². The molecular weight excluding hydrogens is 248 g/mol. The van der Waals surface area contributed by atoms with E-state index in [-0.39, 0.29) is 48.9 Å². The number of anilines is 4. The van der Waals surface area contributed by atoms with Crippen molar-refractivity contribution in [3.63, 3.8) is 0 Å². The highest BCUT2D eigenvalue weighted by atomic mass is 35.5. The molecule has 0 aromatic carbocycles. The molecule has 84 valence electrons. The molecule has 1 aromatic heterocycles. The maximum Gasteiger partial charge on any atom is 0.149 e. The minimum Gasteiger partial charge on any atom is -0.395 e. The molecular formula is C6H14Cl3N5. The summed E-state index contributed by atoms with van der Waals surface area (Å²) in [6.07, 6.45) is 0. The number of aromatic nitrogens is 1. The van der Waals surface area contributed by atoms with Gasteiger partial charge in [-0.25, -0.2) is 4.98 Å². The second kappa shape index (κ2) is 6.64. The maximum absolute atomic E-state index is 5.53. The Labute approximate surface area is 101 Å². The van der Waals surface area contributed by atoms with E-state index in [1.165, 1.54) is 0 Å². The Hall–Kier alpha value is -0.780. The SMILES string of the molecule is Cc1c(N)c(N)nc(N)c1N.Cl.Cl.Cl. The Morgan fingerprint density at radius 3 is 1.36 bits per heavy atom. The summed E-state index contributed by atoms with van der Waals surface area (Å²) in [5.41, 5.74) is 23.4. The highest BCUT2D eigenvalue weighted by molar-refractivity contribution is 5.86. The first-order chi connectivity index (χ1) is 5.04. The smallest absolute Gasteiger partial charge is 0.149 e. The normalized spacial score (nSPS) is 7.79. The molecule has 0 amide bonds. The van der Waals surface area contributed by atoms with Crippen molar-refractivity contribution in [2.24, 2.45) is 0 Å². The Balaban J connectivity index is -0.000000403. The first kappa shape index (κ1) is 18.9. The molecule has 1 heterocycles. The van der Waals surface area contributed by atoms with Crippen LogP contribution < -0.4 is 22.9 Å². The topological polar surface area (TPSA) is 117 Å². The molecule has 0 aliphatic carbocycles. The molecule has 14 heavy (non-hydrogen) atoms. The average molecular weight is 263 g/mol. The summed E-state index contributed by atoms with van der Waals surface area (Å²) < 4.78 is 0. The molecule has 1 rings (SSSR count). The van der Waals surface area contributed by atoms with Crippen LogP contribution in [0.1, 0.15) is 5.56 Å². The molecule has 5 nitrogen and oxygen atoms in total. The number of hydrogen-bond donors (Lipinski definition) is 4. The van der Waals surface area contributed by atoms with Crippen LogP contribution in [0.2, 0.25) is 0 Å². The molecule has 0 aliphatic heterocycles. The van der Waals surface area contributed by atoms with E-state index < -0.39 is 0 Å². The minimum absolute atomic E-state index is 0. The van der Waals surface area contributed by atoms with Crippen LogP contribution >= 0.6 is 37.2 Å². The van der Waals surface area contributed by atoms with Crippen LogP contribution in [0.5, 0.6) is 0 Å². The summed E-state index contributed by atoms with van der Waals surface area (Å²) in [4.78, 5) is 3.74. The molecule has 0 saturated heterocycles. The van der Waals surface area contributed by atoms with Crippen molar-refractivity contribution in [2.45, 2.75) is 6.92 Å². The van der Waals surface area contributed by atoms with Gasteiger partial charge in [0.25, 0.3) is 0 Å². The molecule has 0 saturated carbocycles. The Bertz CT molecular complexity index is 278. The minimum atomic E-state index is 0. The summed E-state index contributed by atoms with van der Waals surface area (Å²) in [6.45, 7) is 1.75. The van der Waals surface area contributed by atoms with Gasteiger partial charge >= 0.3 is 0 Å². The van der Waals surface area contributed by atoms with E-state index in [0.29, 0.717) is 16.9 Å². The molecule has 0 bridgehead atoms. The number of halogens is 3. The third kappa shape index (κ3) is 3.17. The second-order valence-electron chi connectivity index (χ2n) is 2.33. The van der Waals surface area contributed by atoms with Crippen molar-refractivity contribution in [1.29, 1.82) is 0 Å². The second-order valence-corrected chi connectivity index (χ2v) is 2.33. The largest absolute Gasteiger partial charge is 0.395 e. The summed E-state index contributed by atoms with van der Waals surface area (Å²) >= 11 is 0. The van der Waals surface area contributed by atoms with E-state index in [1.807, 2.05) is 0 Å². The zero-order valence-corrected chi connectivity index (χ0v) is 9.93. The van der Waals surface area contributed by atoms with Crippen LogP contribution in [-0.2, 0) is 0 Å². The van der Waals surface area contributed by atoms with Crippen LogP contribution in [0.3, 0.4) is 0 Å². The molecule has 0 radical (unpaired) electrons. The number of nitrogen functional groups attached to an aromatic ring is 4. The Morgan fingerprint density at radius 2 is 1.07 bits per heavy atom. The maximum atomic E-state index is 5.53. The third-order valence-electron chi connectivity index (χ3n) is 1.60. The van der Waals surface area contributed by atoms with Gasteiger partial charge in [0, 0.05) is 5.56 Å². The molecule has 0 aliphatic rings. The van der Waals surface area contributed by atoms with E-state index in [0.717, 1.165) is 0 Å². The van der Waals surface area contributed by atoms with Crippen molar-refractivity contribution >= 4 is 60.2 Å². The van der Waals surface area contributed by atoms with Crippen molar-refractivity contribution in [3.8, 4) is 0 Å². The lowest BCUT2D eigenvalue weighted by Gasteiger charge is -2.08. The van der Waals surface area contributed by atoms with Gasteiger partial charge in [0.15, 0.2) is 0 Å². The summed E-state index contributed by atoms with van der Waals surface area (Å²) in [5, 5.41) is 0. The van der Waals surface area contributed by atoms with Gasteiger partial charge in [-0.3, -0.25) is 0 Å². The zero-order chi connectivity index (χ0) is 8.59. The lowest BCUT2D eigenvalue weighted by atomic mass is 10.2. The number of rotatable bonds is 0. The fourth-order valence-electron chi connectivity index (χ4n) is 0.780. The van der Waals surface area contributed by atoms with Crippen LogP contribution in [0, 0.1) is 6.92 Å². The highest BCUT2D eigenvalue weighted by Gasteiger charge is 2.07. The lowest BCUT2D eigenvalue weighted by molar-refractivity contribution is 1.31. The van der Waals surface area contributed by atoms with Gasteiger partial charge in [0.1, 0.15) is 11.6 Å². The molecule has 8 heteroatoms. The summed E-state index contributed by atoms with van der Waals surface area (Å²) in [6, 6.07) is 0. The van der Waals surface area contributed by atoms with E-state index >= 15 is 0 Å². The standard InChI is InChI=1S/C6H11N5.3ClH/c1-2-3(7)5(9)11-6(10)4(2)8;;;/h7-8H2,1H3,(H4,9,10,11);3*1H. The molecule has 0 unspecified atom stereocenters. The van der Waals surface area contributed by atoms with Gasteiger partial charge in [-0.15, -0.1) is 37.2 Å². The van der Waals surface area contributed by atoms with Crippen LogP contribution in [0.25, 0.3) is 0 Å². The van der Waals surface area contributed by atoms with Gasteiger partial charge in [0.05, 0.1) is 11.4 Å². The number of nitrogens with zero attached hydrogens (tertiary/aromatic N) is 1. The summed E-state index contributed by atoms with van der Waals surface area (Å²) in [7, 11) is 0. The first-order valence-corrected chi connectivity index (χ1v) is 3.10. The Kier molecular flexibility index (Phi) is 8.97. The fraction of sp³-hybridized carbons (Fsp3) is 0.167. The fourth-order valence-corrected chi connectivity index (χ4v) is 0.780. The monoisotopic (exact) mass is 261 g/mol. The Morgan fingerprint density at radius 1 is 0.786 bits per heavy atom.